The maximum Gasteiger partial charge on any atom is 0.141 e. The van der Waals surface area contributed by atoms with Crippen LogP contribution in [0.1, 0.15) is 18.4 Å². The van der Waals surface area contributed by atoms with E-state index in [9.17, 15) is 4.39 Å². The molecule has 2 aromatic rings. The Morgan fingerprint density at radius 3 is 2.96 bits per heavy atom. The first kappa shape index (κ1) is 16.6. The lowest BCUT2D eigenvalue weighted by atomic mass is 10.0. The van der Waals surface area contributed by atoms with Crippen LogP contribution in [0.15, 0.2) is 30.9 Å². The summed E-state index contributed by atoms with van der Waals surface area (Å²) < 4.78 is 13.3. The largest absolute Gasteiger partial charge is 0.366 e. The van der Waals surface area contributed by atoms with E-state index in [4.69, 9.17) is 0 Å². The predicted molar refractivity (Wildman–Crippen MR) is 92.5 cm³/mol. The van der Waals surface area contributed by atoms with E-state index in [0.717, 1.165) is 49.7 Å². The van der Waals surface area contributed by atoms with Gasteiger partial charge in [-0.15, -0.1) is 0 Å². The highest BCUT2D eigenvalue weighted by Gasteiger charge is 2.20. The van der Waals surface area contributed by atoms with Crippen LogP contribution in [0.4, 0.5) is 16.0 Å². The van der Waals surface area contributed by atoms with Crippen LogP contribution in [0.5, 0.6) is 0 Å². The molecule has 3 heterocycles. The first-order valence-corrected chi connectivity index (χ1v) is 8.18. The van der Waals surface area contributed by atoms with Gasteiger partial charge in [0, 0.05) is 45.5 Å². The molecule has 0 spiro atoms. The Kier molecular flexibility index (Phi) is 5.20. The zero-order chi connectivity index (χ0) is 16.9. The maximum atomic E-state index is 13.3. The molecule has 1 saturated heterocycles. The number of likely N-dealkylation sites (tertiary alicyclic amines) is 1. The van der Waals surface area contributed by atoms with Crippen molar-refractivity contribution in [2.75, 3.05) is 37.4 Å². The van der Waals surface area contributed by atoms with Crippen molar-refractivity contribution in [3.8, 4) is 0 Å². The highest BCUT2D eigenvalue weighted by Crippen LogP contribution is 2.18. The Labute approximate surface area is 141 Å². The second-order valence-electron chi connectivity index (χ2n) is 6.39. The van der Waals surface area contributed by atoms with Gasteiger partial charge in [0.05, 0.1) is 6.20 Å². The predicted octanol–water partition coefficient (Wildman–Crippen LogP) is 2.15. The van der Waals surface area contributed by atoms with Crippen molar-refractivity contribution < 1.29 is 4.39 Å². The Morgan fingerprint density at radius 1 is 1.29 bits per heavy atom. The first-order chi connectivity index (χ1) is 11.6. The molecule has 3 rings (SSSR count). The van der Waals surface area contributed by atoms with E-state index in [2.05, 4.69) is 25.2 Å². The molecule has 1 N–H and O–H groups in total. The molecule has 1 aliphatic rings. The molecule has 0 saturated carbocycles. The lowest BCUT2D eigenvalue weighted by Gasteiger charge is -2.33. The second-order valence-corrected chi connectivity index (χ2v) is 6.39. The molecule has 0 radical (unpaired) electrons. The van der Waals surface area contributed by atoms with Crippen LogP contribution in [0, 0.1) is 5.82 Å². The van der Waals surface area contributed by atoms with Crippen LogP contribution in [-0.4, -0.2) is 53.1 Å². The molecule has 128 valence electrons. The summed E-state index contributed by atoms with van der Waals surface area (Å²) in [6, 6.07) is 3.83. The van der Waals surface area contributed by atoms with Crippen molar-refractivity contribution >= 4 is 11.6 Å². The van der Waals surface area contributed by atoms with Crippen LogP contribution < -0.4 is 10.2 Å². The Hall–Kier alpha value is -2.28. The van der Waals surface area contributed by atoms with E-state index >= 15 is 0 Å². The molecular weight excluding hydrogens is 307 g/mol. The van der Waals surface area contributed by atoms with Crippen LogP contribution in [0.25, 0.3) is 0 Å². The molecule has 7 heteroatoms. The Balaban J connectivity index is 1.60. The molecule has 1 fully saturated rings. The lowest BCUT2D eigenvalue weighted by Crippen LogP contribution is -2.41. The summed E-state index contributed by atoms with van der Waals surface area (Å²) in [5, 5.41) is 3.49. The van der Waals surface area contributed by atoms with Crippen molar-refractivity contribution in [3.05, 3.63) is 42.2 Å². The molecule has 1 atom stereocenters. The van der Waals surface area contributed by atoms with Gasteiger partial charge in [-0.25, -0.2) is 14.4 Å². The van der Waals surface area contributed by atoms with Crippen molar-refractivity contribution in [1.29, 1.82) is 0 Å². The topological polar surface area (TPSA) is 57.2 Å². The summed E-state index contributed by atoms with van der Waals surface area (Å²) in [7, 11) is 3.92. The number of halogens is 1. The Bertz CT molecular complexity index is 678. The van der Waals surface area contributed by atoms with Crippen molar-refractivity contribution in [2.24, 2.45) is 0 Å². The van der Waals surface area contributed by atoms with Gasteiger partial charge in [-0.1, -0.05) is 0 Å². The fourth-order valence-corrected chi connectivity index (χ4v) is 3.00. The van der Waals surface area contributed by atoms with Crippen molar-refractivity contribution in [2.45, 2.75) is 25.4 Å². The molecule has 0 aromatic carbocycles. The van der Waals surface area contributed by atoms with Gasteiger partial charge in [-0.3, -0.25) is 9.88 Å². The lowest BCUT2D eigenvalue weighted by molar-refractivity contribution is 0.208. The molecule has 1 unspecified atom stereocenters. The summed E-state index contributed by atoms with van der Waals surface area (Å²) in [6.07, 6.45) is 6.75. The number of pyridine rings is 1. The Morgan fingerprint density at radius 2 is 2.17 bits per heavy atom. The standard InChI is InChI=1S/C17H23FN6/c1-23(2)17-7-16(20-12-21-17)22-15-4-3-5-24(11-15)10-13-6-14(18)9-19-8-13/h6-9,12,15H,3-5,10-11H2,1-2H3,(H,20,21,22). The van der Waals surface area contributed by atoms with Crippen molar-refractivity contribution in [1.82, 2.24) is 19.9 Å². The van der Waals surface area contributed by atoms with E-state index in [1.807, 2.05) is 25.1 Å². The molecule has 6 nitrogen and oxygen atoms in total. The molecular formula is C17H23FN6. The highest BCUT2D eigenvalue weighted by atomic mass is 19.1. The van der Waals surface area contributed by atoms with Gasteiger partial charge in [-0.05, 0) is 31.0 Å². The van der Waals surface area contributed by atoms with Gasteiger partial charge in [0.1, 0.15) is 23.8 Å². The third-order valence-corrected chi connectivity index (χ3v) is 4.14. The summed E-state index contributed by atoms with van der Waals surface area (Å²) in [5.41, 5.74) is 0.910. The number of nitrogens with one attached hydrogen (secondary N) is 1. The number of anilines is 2. The molecule has 0 aliphatic carbocycles. The molecule has 24 heavy (non-hydrogen) atoms. The zero-order valence-corrected chi connectivity index (χ0v) is 14.1. The average molecular weight is 330 g/mol. The minimum absolute atomic E-state index is 0.281. The first-order valence-electron chi connectivity index (χ1n) is 8.18. The normalized spacial score (nSPS) is 18.4. The summed E-state index contributed by atoms with van der Waals surface area (Å²) in [5.74, 6) is 1.44. The van der Waals surface area contributed by atoms with Crippen LogP contribution in [-0.2, 0) is 6.54 Å². The number of hydrogen-bond donors (Lipinski definition) is 1. The van der Waals surface area contributed by atoms with Crippen LogP contribution >= 0.6 is 0 Å². The van der Waals surface area contributed by atoms with Crippen molar-refractivity contribution in [3.63, 3.8) is 0 Å². The van der Waals surface area contributed by atoms with Gasteiger partial charge >= 0.3 is 0 Å². The fraction of sp³-hybridized carbons (Fsp3) is 0.471. The van der Waals surface area contributed by atoms with E-state index in [1.165, 1.54) is 6.20 Å². The van der Waals surface area contributed by atoms with Gasteiger partial charge < -0.3 is 10.2 Å². The van der Waals surface area contributed by atoms with Gasteiger partial charge in [0.15, 0.2) is 0 Å². The van der Waals surface area contributed by atoms with Gasteiger partial charge in [0.25, 0.3) is 0 Å². The van der Waals surface area contributed by atoms with Gasteiger partial charge in [-0.2, -0.15) is 0 Å². The minimum Gasteiger partial charge on any atom is -0.366 e. The third kappa shape index (κ3) is 4.38. The number of rotatable bonds is 5. The summed E-state index contributed by atoms with van der Waals surface area (Å²) in [4.78, 5) is 16.7. The molecule has 2 aromatic heterocycles. The van der Waals surface area contributed by atoms with E-state index < -0.39 is 0 Å². The fourth-order valence-electron chi connectivity index (χ4n) is 3.00. The second kappa shape index (κ2) is 7.53. The summed E-state index contributed by atoms with van der Waals surface area (Å²) >= 11 is 0. The van der Waals surface area contributed by atoms with Crippen LogP contribution in [0.2, 0.25) is 0 Å². The zero-order valence-electron chi connectivity index (χ0n) is 14.1. The SMILES string of the molecule is CN(C)c1cc(NC2CCCN(Cc3cncc(F)c3)C2)ncn1. The maximum absolute atomic E-state index is 13.3. The smallest absolute Gasteiger partial charge is 0.141 e. The van der Waals surface area contributed by atoms with Gasteiger partial charge in [0.2, 0.25) is 0 Å². The summed E-state index contributed by atoms with van der Waals surface area (Å²) in [6.45, 7) is 2.63. The number of piperidine rings is 1. The number of aromatic nitrogens is 3. The molecule has 0 amide bonds. The number of hydrogen-bond acceptors (Lipinski definition) is 6. The monoisotopic (exact) mass is 330 g/mol. The molecule has 0 bridgehead atoms. The third-order valence-electron chi connectivity index (χ3n) is 4.14. The van der Waals surface area contributed by atoms with E-state index in [1.54, 1.807) is 18.6 Å². The highest BCUT2D eigenvalue weighted by molar-refractivity contribution is 5.47. The van der Waals surface area contributed by atoms with E-state index in [-0.39, 0.29) is 5.82 Å². The minimum atomic E-state index is -0.281. The molecule has 1 aliphatic heterocycles. The van der Waals surface area contributed by atoms with Crippen LogP contribution in [0.3, 0.4) is 0 Å². The quantitative estimate of drug-likeness (QED) is 0.907. The number of nitrogens with zero attached hydrogens (tertiary/aromatic N) is 5. The average Bonchev–Trinajstić information content (AvgIpc) is 2.55. The van der Waals surface area contributed by atoms with E-state index in [0.29, 0.717) is 6.04 Å².